The second-order valence-electron chi connectivity index (χ2n) is 4.85. The first-order valence-electron chi connectivity index (χ1n) is 6.00. The highest BCUT2D eigenvalue weighted by atomic mass is 32.2. The van der Waals surface area contributed by atoms with Crippen LogP contribution in [-0.4, -0.2) is 26.0 Å². The Bertz CT molecular complexity index is 479. The summed E-state index contributed by atoms with van der Waals surface area (Å²) in [6.45, 7) is 4.59. The lowest BCUT2D eigenvalue weighted by molar-refractivity contribution is 0.572. The van der Waals surface area contributed by atoms with Gasteiger partial charge in [0.15, 0.2) is 9.84 Å². The first-order chi connectivity index (χ1) is 7.99. The summed E-state index contributed by atoms with van der Waals surface area (Å²) in [5.41, 5.74) is 2.26. The van der Waals surface area contributed by atoms with Crippen molar-refractivity contribution in [2.45, 2.75) is 31.6 Å². The molecule has 1 aliphatic rings. The summed E-state index contributed by atoms with van der Waals surface area (Å²) in [5, 5.41) is 3.09. The molecule has 2 atom stereocenters. The molecule has 2 rings (SSSR count). The summed E-state index contributed by atoms with van der Waals surface area (Å²) in [5.74, 6) is 0.206. The fourth-order valence-corrected chi connectivity index (χ4v) is 3.69. The Labute approximate surface area is 103 Å². The molecule has 0 aliphatic carbocycles. The van der Waals surface area contributed by atoms with Gasteiger partial charge in [-0.2, -0.15) is 0 Å². The van der Waals surface area contributed by atoms with Gasteiger partial charge in [-0.05, 0) is 32.4 Å². The molecule has 2 unspecified atom stereocenters. The second kappa shape index (κ2) is 4.78. The largest absolute Gasteiger partial charge is 0.309 e. The average molecular weight is 253 g/mol. The van der Waals surface area contributed by atoms with Gasteiger partial charge in [0.25, 0.3) is 0 Å². The van der Waals surface area contributed by atoms with Crippen LogP contribution in [-0.2, 0) is 9.84 Å². The van der Waals surface area contributed by atoms with Crippen LogP contribution in [0.4, 0.5) is 0 Å². The molecule has 1 aromatic rings. The Balaban J connectivity index is 2.24. The Hall–Kier alpha value is -0.870. The number of sulfone groups is 1. The van der Waals surface area contributed by atoms with Crippen LogP contribution < -0.4 is 5.32 Å². The first kappa shape index (κ1) is 12.6. The SMILES string of the molecule is Cc1ccc(C2CS(=O)(=O)C(C)CCN2)cc1. The van der Waals surface area contributed by atoms with E-state index in [2.05, 4.69) is 5.32 Å². The smallest absolute Gasteiger partial charge is 0.154 e. The van der Waals surface area contributed by atoms with Crippen molar-refractivity contribution in [3.05, 3.63) is 35.4 Å². The molecule has 1 saturated heterocycles. The molecule has 1 heterocycles. The minimum absolute atomic E-state index is 0.0643. The van der Waals surface area contributed by atoms with Crippen molar-refractivity contribution in [1.29, 1.82) is 0 Å². The lowest BCUT2D eigenvalue weighted by Crippen LogP contribution is -2.26. The maximum absolute atomic E-state index is 12.0. The van der Waals surface area contributed by atoms with Crippen molar-refractivity contribution >= 4 is 9.84 Å². The normalized spacial score (nSPS) is 28.6. The standard InChI is InChI=1S/C13H19NO2S/c1-10-3-5-12(6-4-10)13-9-17(15,16)11(2)7-8-14-13/h3-6,11,13-14H,7-9H2,1-2H3. The van der Waals surface area contributed by atoms with Gasteiger partial charge >= 0.3 is 0 Å². The monoisotopic (exact) mass is 253 g/mol. The van der Waals surface area contributed by atoms with E-state index in [0.29, 0.717) is 6.42 Å². The van der Waals surface area contributed by atoms with E-state index in [1.54, 1.807) is 6.92 Å². The highest BCUT2D eigenvalue weighted by Crippen LogP contribution is 2.22. The van der Waals surface area contributed by atoms with E-state index >= 15 is 0 Å². The van der Waals surface area contributed by atoms with E-state index in [1.807, 2.05) is 31.2 Å². The van der Waals surface area contributed by atoms with Crippen molar-refractivity contribution in [3.8, 4) is 0 Å². The van der Waals surface area contributed by atoms with Crippen LogP contribution in [0.25, 0.3) is 0 Å². The molecule has 0 saturated carbocycles. The Kier molecular flexibility index (Phi) is 3.54. The van der Waals surface area contributed by atoms with Gasteiger partial charge < -0.3 is 5.32 Å². The highest BCUT2D eigenvalue weighted by Gasteiger charge is 2.29. The van der Waals surface area contributed by atoms with Crippen LogP contribution in [0, 0.1) is 6.92 Å². The summed E-state index contributed by atoms with van der Waals surface area (Å²) in [6.07, 6.45) is 0.699. The number of aryl methyl sites for hydroxylation is 1. The molecular weight excluding hydrogens is 234 g/mol. The molecule has 0 spiro atoms. The van der Waals surface area contributed by atoms with E-state index in [-0.39, 0.29) is 17.0 Å². The second-order valence-corrected chi connectivity index (χ2v) is 7.31. The highest BCUT2D eigenvalue weighted by molar-refractivity contribution is 7.92. The molecular formula is C13H19NO2S. The first-order valence-corrected chi connectivity index (χ1v) is 7.72. The van der Waals surface area contributed by atoms with Gasteiger partial charge in [0.1, 0.15) is 0 Å². The molecule has 1 N–H and O–H groups in total. The van der Waals surface area contributed by atoms with Crippen LogP contribution in [0.3, 0.4) is 0 Å². The fourth-order valence-electron chi connectivity index (χ4n) is 2.11. The third-order valence-electron chi connectivity index (χ3n) is 3.43. The lowest BCUT2D eigenvalue weighted by Gasteiger charge is -2.16. The van der Waals surface area contributed by atoms with Crippen LogP contribution in [0.1, 0.15) is 30.5 Å². The molecule has 0 amide bonds. The van der Waals surface area contributed by atoms with E-state index in [0.717, 1.165) is 12.1 Å². The molecule has 1 aromatic carbocycles. The maximum atomic E-state index is 12.0. The number of nitrogens with one attached hydrogen (secondary N) is 1. The van der Waals surface area contributed by atoms with Crippen molar-refractivity contribution < 1.29 is 8.42 Å². The molecule has 1 aliphatic heterocycles. The van der Waals surface area contributed by atoms with Gasteiger partial charge in [-0.15, -0.1) is 0 Å². The lowest BCUT2D eigenvalue weighted by atomic mass is 10.1. The fraction of sp³-hybridized carbons (Fsp3) is 0.538. The summed E-state index contributed by atoms with van der Waals surface area (Å²) in [7, 11) is -2.97. The van der Waals surface area contributed by atoms with Gasteiger partial charge in [0.2, 0.25) is 0 Å². The quantitative estimate of drug-likeness (QED) is 0.830. The van der Waals surface area contributed by atoms with E-state index in [9.17, 15) is 8.42 Å². The molecule has 17 heavy (non-hydrogen) atoms. The van der Waals surface area contributed by atoms with Crippen molar-refractivity contribution in [2.24, 2.45) is 0 Å². The van der Waals surface area contributed by atoms with Crippen molar-refractivity contribution in [1.82, 2.24) is 5.32 Å². The number of hydrogen-bond donors (Lipinski definition) is 1. The summed E-state index contributed by atoms with van der Waals surface area (Å²) in [4.78, 5) is 0. The predicted octanol–water partition coefficient (Wildman–Crippen LogP) is 1.83. The zero-order valence-corrected chi connectivity index (χ0v) is 11.1. The predicted molar refractivity (Wildman–Crippen MR) is 69.8 cm³/mol. The molecule has 0 aromatic heterocycles. The topological polar surface area (TPSA) is 46.2 Å². The van der Waals surface area contributed by atoms with Gasteiger partial charge in [-0.25, -0.2) is 8.42 Å². The summed E-state index contributed by atoms with van der Waals surface area (Å²) >= 11 is 0. The van der Waals surface area contributed by atoms with Crippen LogP contribution >= 0.6 is 0 Å². The van der Waals surface area contributed by atoms with Crippen LogP contribution in [0.15, 0.2) is 24.3 Å². The van der Waals surface area contributed by atoms with Gasteiger partial charge in [-0.1, -0.05) is 29.8 Å². The van der Waals surface area contributed by atoms with E-state index < -0.39 is 9.84 Å². The van der Waals surface area contributed by atoms with Gasteiger partial charge in [0.05, 0.1) is 11.0 Å². The van der Waals surface area contributed by atoms with Crippen LogP contribution in [0.5, 0.6) is 0 Å². The third-order valence-corrected chi connectivity index (χ3v) is 5.69. The minimum atomic E-state index is -2.97. The van der Waals surface area contributed by atoms with E-state index in [4.69, 9.17) is 0 Å². The average Bonchev–Trinajstić information content (AvgIpc) is 2.40. The van der Waals surface area contributed by atoms with Crippen molar-refractivity contribution in [2.75, 3.05) is 12.3 Å². The molecule has 0 radical (unpaired) electrons. The molecule has 94 valence electrons. The third kappa shape index (κ3) is 2.87. The van der Waals surface area contributed by atoms with Gasteiger partial charge in [-0.3, -0.25) is 0 Å². The van der Waals surface area contributed by atoms with Crippen LogP contribution in [0.2, 0.25) is 0 Å². The summed E-state index contributed by atoms with van der Waals surface area (Å²) < 4.78 is 24.0. The minimum Gasteiger partial charge on any atom is -0.309 e. The maximum Gasteiger partial charge on any atom is 0.154 e. The van der Waals surface area contributed by atoms with Crippen molar-refractivity contribution in [3.63, 3.8) is 0 Å². The molecule has 3 nitrogen and oxygen atoms in total. The zero-order chi connectivity index (χ0) is 12.5. The van der Waals surface area contributed by atoms with Gasteiger partial charge in [0, 0.05) is 6.04 Å². The number of benzene rings is 1. The summed E-state index contributed by atoms with van der Waals surface area (Å²) in [6, 6.07) is 8.01. The Morgan fingerprint density at radius 1 is 1.24 bits per heavy atom. The zero-order valence-electron chi connectivity index (χ0n) is 10.3. The molecule has 0 bridgehead atoms. The molecule has 1 fully saturated rings. The Morgan fingerprint density at radius 3 is 2.53 bits per heavy atom. The van der Waals surface area contributed by atoms with E-state index in [1.165, 1.54) is 5.56 Å². The number of rotatable bonds is 1. The Morgan fingerprint density at radius 2 is 1.88 bits per heavy atom. The number of hydrogen-bond acceptors (Lipinski definition) is 3. The molecule has 4 heteroatoms.